The second-order valence-corrected chi connectivity index (χ2v) is 9.56. The Bertz CT molecular complexity index is 1050. The van der Waals surface area contributed by atoms with Crippen LogP contribution in [0.4, 0.5) is 0 Å². The second-order valence-electron chi connectivity index (χ2n) is 9.56. The Morgan fingerprint density at radius 2 is 1.67 bits per heavy atom. The Morgan fingerprint density at radius 3 is 2.30 bits per heavy atom. The van der Waals surface area contributed by atoms with E-state index in [1.54, 1.807) is 0 Å². The minimum absolute atomic E-state index is 0.137. The molecule has 0 spiro atoms. The molecule has 0 aliphatic carbocycles. The van der Waals surface area contributed by atoms with Crippen molar-refractivity contribution < 1.29 is 4.79 Å². The maximum atomic E-state index is 13.4. The molecule has 1 aliphatic heterocycles. The van der Waals surface area contributed by atoms with Crippen LogP contribution in [0, 0.1) is 12.3 Å². The minimum Gasteiger partial charge on any atom is -0.353 e. The number of nitrogens with one attached hydrogen (secondary N) is 1. The van der Waals surface area contributed by atoms with Gasteiger partial charge in [-0.3, -0.25) is 19.7 Å². The molecule has 1 amide bonds. The number of likely N-dealkylation sites (tertiary alicyclic amines) is 1. The summed E-state index contributed by atoms with van der Waals surface area (Å²) in [5.74, 6) is 0.184. The summed E-state index contributed by atoms with van der Waals surface area (Å²) in [6, 6.07) is 19.0. The van der Waals surface area contributed by atoms with Crippen LogP contribution in [0.2, 0.25) is 0 Å². The molecule has 0 atom stereocenters. The van der Waals surface area contributed by atoms with Gasteiger partial charge >= 0.3 is 0 Å². The van der Waals surface area contributed by atoms with Crippen LogP contribution in [0.25, 0.3) is 11.1 Å². The number of rotatable bonds is 7. The van der Waals surface area contributed by atoms with Gasteiger partial charge in [0.15, 0.2) is 0 Å². The summed E-state index contributed by atoms with van der Waals surface area (Å²) in [6.07, 6.45) is 6.09. The number of aromatic nitrogens is 2. The molecule has 1 saturated heterocycles. The second kappa shape index (κ2) is 10.3. The zero-order valence-electron chi connectivity index (χ0n) is 19.9. The normalized spacial score (nSPS) is 16.0. The topological polar surface area (TPSA) is 58.1 Å². The lowest BCUT2D eigenvalue weighted by atomic mass is 9.72. The number of hydrogen-bond acceptors (Lipinski definition) is 4. The van der Waals surface area contributed by atoms with Crippen molar-refractivity contribution in [2.45, 2.75) is 52.6 Å². The van der Waals surface area contributed by atoms with Crippen LogP contribution < -0.4 is 5.32 Å². The lowest BCUT2D eigenvalue weighted by molar-refractivity contribution is -0.134. The molecular weight excluding hydrogens is 408 g/mol. The first kappa shape index (κ1) is 23.1. The van der Waals surface area contributed by atoms with E-state index in [1.807, 2.05) is 51.4 Å². The molecule has 0 bridgehead atoms. The van der Waals surface area contributed by atoms with Crippen LogP contribution in [0.15, 0.2) is 67.0 Å². The van der Waals surface area contributed by atoms with E-state index in [4.69, 9.17) is 0 Å². The Labute approximate surface area is 197 Å². The summed E-state index contributed by atoms with van der Waals surface area (Å²) in [5, 5.41) is 3.21. The summed E-state index contributed by atoms with van der Waals surface area (Å²) in [4.78, 5) is 24.6. The highest BCUT2D eigenvalue weighted by atomic mass is 16.2. The van der Waals surface area contributed by atoms with Gasteiger partial charge in [-0.1, -0.05) is 30.3 Å². The number of benzene rings is 1. The summed E-state index contributed by atoms with van der Waals surface area (Å²) >= 11 is 0. The van der Waals surface area contributed by atoms with Crippen LogP contribution in [-0.4, -0.2) is 39.9 Å². The van der Waals surface area contributed by atoms with Crippen LogP contribution in [0.3, 0.4) is 0 Å². The van der Waals surface area contributed by atoms with Gasteiger partial charge < -0.3 is 5.32 Å². The number of hydrogen-bond donors (Lipinski definition) is 1. The highest BCUT2D eigenvalue weighted by Gasteiger charge is 2.41. The van der Waals surface area contributed by atoms with E-state index in [2.05, 4.69) is 56.6 Å². The molecule has 1 aliphatic rings. The van der Waals surface area contributed by atoms with Gasteiger partial charge in [-0.2, -0.15) is 0 Å². The number of carbonyl (C=O) groups is 1. The Hall–Kier alpha value is -3.05. The minimum atomic E-state index is -0.376. The molecule has 0 radical (unpaired) electrons. The Kier molecular flexibility index (Phi) is 7.19. The summed E-state index contributed by atoms with van der Waals surface area (Å²) in [6.45, 7) is 8.74. The van der Waals surface area contributed by atoms with Crippen molar-refractivity contribution in [2.24, 2.45) is 5.41 Å². The molecule has 0 saturated carbocycles. The van der Waals surface area contributed by atoms with E-state index < -0.39 is 0 Å². The van der Waals surface area contributed by atoms with E-state index in [1.165, 1.54) is 11.1 Å². The molecule has 5 nitrogen and oxygen atoms in total. The molecule has 1 fully saturated rings. The maximum absolute atomic E-state index is 13.4. The van der Waals surface area contributed by atoms with Crippen molar-refractivity contribution in [3.8, 4) is 11.1 Å². The van der Waals surface area contributed by atoms with Gasteiger partial charge in [0.05, 0.1) is 11.1 Å². The van der Waals surface area contributed by atoms with E-state index in [9.17, 15) is 4.79 Å². The van der Waals surface area contributed by atoms with Crippen LogP contribution >= 0.6 is 0 Å². The predicted octanol–water partition coefficient (Wildman–Crippen LogP) is 4.80. The number of nitrogens with zero attached hydrogens (tertiary/aromatic N) is 3. The highest BCUT2D eigenvalue weighted by Crippen LogP contribution is 2.36. The lowest BCUT2D eigenvalue weighted by Gasteiger charge is -2.41. The van der Waals surface area contributed by atoms with Crippen LogP contribution in [0.5, 0.6) is 0 Å². The molecule has 5 heteroatoms. The van der Waals surface area contributed by atoms with Gasteiger partial charge in [-0.25, -0.2) is 0 Å². The quantitative estimate of drug-likeness (QED) is 0.571. The average molecular weight is 443 g/mol. The van der Waals surface area contributed by atoms with Crippen LogP contribution in [0.1, 0.15) is 43.6 Å². The van der Waals surface area contributed by atoms with E-state index in [0.717, 1.165) is 55.8 Å². The average Bonchev–Trinajstić information content (AvgIpc) is 2.81. The van der Waals surface area contributed by atoms with Crippen molar-refractivity contribution in [3.63, 3.8) is 0 Å². The molecule has 4 rings (SSSR count). The molecule has 0 unspecified atom stereocenters. The molecular formula is C28H34N4O. The van der Waals surface area contributed by atoms with Gasteiger partial charge in [0.1, 0.15) is 0 Å². The summed E-state index contributed by atoms with van der Waals surface area (Å²) in [5.41, 5.74) is 5.30. The molecule has 172 valence electrons. The predicted molar refractivity (Wildman–Crippen MR) is 133 cm³/mol. The lowest BCUT2D eigenvalue weighted by Crippen LogP contribution is -2.51. The highest BCUT2D eigenvalue weighted by molar-refractivity contribution is 5.83. The van der Waals surface area contributed by atoms with Crippen molar-refractivity contribution in [3.05, 3.63) is 83.9 Å². The molecule has 3 aromatic rings. The number of piperidine rings is 1. The van der Waals surface area contributed by atoms with Crippen LogP contribution in [-0.2, 0) is 17.8 Å². The zero-order valence-corrected chi connectivity index (χ0v) is 19.9. The fourth-order valence-corrected chi connectivity index (χ4v) is 4.71. The standard InChI is InChI=1S/C28H34N4O/c1-21(2)30-27(33)28(13-17-32(18-14-28)20-26-6-4-5-22(3)31-26)19-23-7-9-24(10-8-23)25-11-15-29-16-12-25/h4-12,15-16,21H,13-14,17-20H2,1-3H3,(H,30,33). The van der Waals surface area contributed by atoms with Crippen molar-refractivity contribution >= 4 is 5.91 Å². The molecule has 2 aromatic heterocycles. The molecule has 1 aromatic carbocycles. The van der Waals surface area contributed by atoms with Gasteiger partial charge in [-0.05, 0) is 94.1 Å². The Morgan fingerprint density at radius 1 is 1.00 bits per heavy atom. The molecule has 33 heavy (non-hydrogen) atoms. The fourth-order valence-electron chi connectivity index (χ4n) is 4.71. The monoisotopic (exact) mass is 442 g/mol. The van der Waals surface area contributed by atoms with Crippen molar-refractivity contribution in [1.82, 2.24) is 20.2 Å². The number of carbonyl (C=O) groups excluding carboxylic acids is 1. The third-order valence-corrected chi connectivity index (χ3v) is 6.56. The smallest absolute Gasteiger partial charge is 0.226 e. The number of pyridine rings is 2. The largest absolute Gasteiger partial charge is 0.353 e. The first-order valence-electron chi connectivity index (χ1n) is 11.9. The first-order chi connectivity index (χ1) is 15.9. The third-order valence-electron chi connectivity index (χ3n) is 6.56. The van der Waals surface area contributed by atoms with E-state index in [-0.39, 0.29) is 17.4 Å². The van der Waals surface area contributed by atoms with Gasteiger partial charge in [0.2, 0.25) is 5.91 Å². The van der Waals surface area contributed by atoms with E-state index >= 15 is 0 Å². The summed E-state index contributed by atoms with van der Waals surface area (Å²) < 4.78 is 0. The fraction of sp³-hybridized carbons (Fsp3) is 0.393. The van der Waals surface area contributed by atoms with E-state index in [0.29, 0.717) is 0 Å². The first-order valence-corrected chi connectivity index (χ1v) is 11.9. The third kappa shape index (κ3) is 5.85. The maximum Gasteiger partial charge on any atom is 0.226 e. The number of aryl methyl sites for hydroxylation is 1. The zero-order chi connectivity index (χ0) is 23.3. The molecule has 1 N–H and O–H groups in total. The SMILES string of the molecule is Cc1cccc(CN2CCC(Cc3ccc(-c4ccncc4)cc3)(C(=O)NC(C)C)CC2)n1. The van der Waals surface area contributed by atoms with Crippen molar-refractivity contribution in [1.29, 1.82) is 0 Å². The Balaban J connectivity index is 1.48. The van der Waals surface area contributed by atoms with Gasteiger partial charge in [-0.15, -0.1) is 0 Å². The van der Waals surface area contributed by atoms with Gasteiger partial charge in [0.25, 0.3) is 0 Å². The number of amides is 1. The molecule has 3 heterocycles. The van der Waals surface area contributed by atoms with Gasteiger partial charge in [0, 0.05) is 30.7 Å². The van der Waals surface area contributed by atoms with Crippen molar-refractivity contribution in [2.75, 3.05) is 13.1 Å². The summed E-state index contributed by atoms with van der Waals surface area (Å²) in [7, 11) is 0.